The molecule has 0 bridgehead atoms. The molecule has 0 unspecified atom stereocenters. The number of rotatable bonds is 7. The second-order valence-corrected chi connectivity index (χ2v) is 5.38. The molecule has 3 heterocycles. The summed E-state index contributed by atoms with van der Waals surface area (Å²) >= 11 is 0. The van der Waals surface area contributed by atoms with Crippen molar-refractivity contribution in [2.24, 2.45) is 0 Å². The Bertz CT molecular complexity index is 792. The number of H-pyrrole nitrogens is 1. The van der Waals surface area contributed by atoms with E-state index in [9.17, 15) is 4.79 Å². The monoisotopic (exact) mass is 324 g/mol. The van der Waals surface area contributed by atoms with Crippen LogP contribution in [0.5, 0.6) is 0 Å². The van der Waals surface area contributed by atoms with Crippen LogP contribution in [-0.4, -0.2) is 37.2 Å². The highest BCUT2D eigenvalue weighted by Crippen LogP contribution is 2.13. The van der Waals surface area contributed by atoms with Gasteiger partial charge < -0.3 is 9.88 Å². The molecule has 7 nitrogen and oxygen atoms in total. The van der Waals surface area contributed by atoms with Gasteiger partial charge in [0.05, 0.1) is 5.69 Å². The van der Waals surface area contributed by atoms with E-state index in [4.69, 9.17) is 0 Å². The molecule has 3 aromatic heterocycles. The third-order valence-corrected chi connectivity index (χ3v) is 3.73. The van der Waals surface area contributed by atoms with E-state index >= 15 is 0 Å². The van der Waals surface area contributed by atoms with E-state index in [-0.39, 0.29) is 5.91 Å². The lowest BCUT2D eigenvalue weighted by Gasteiger charge is -2.07. The summed E-state index contributed by atoms with van der Waals surface area (Å²) in [6.07, 6.45) is 7.22. The SMILES string of the molecule is CCc1nccn1CCCNC(=O)c1cc(-c2ccccn2)n[nH]1. The number of carbonyl (C=O) groups is 1. The molecular formula is C17H20N6O. The lowest BCUT2D eigenvalue weighted by atomic mass is 10.2. The fraction of sp³-hybridized carbons (Fsp3) is 0.294. The van der Waals surface area contributed by atoms with Gasteiger partial charge in [0, 0.05) is 38.1 Å². The minimum atomic E-state index is -0.161. The van der Waals surface area contributed by atoms with E-state index < -0.39 is 0 Å². The highest BCUT2D eigenvalue weighted by atomic mass is 16.1. The van der Waals surface area contributed by atoms with E-state index in [1.54, 1.807) is 18.5 Å². The molecule has 0 aromatic carbocycles. The first kappa shape index (κ1) is 15.9. The summed E-state index contributed by atoms with van der Waals surface area (Å²) in [4.78, 5) is 20.7. The average Bonchev–Trinajstić information content (AvgIpc) is 3.28. The molecule has 124 valence electrons. The molecule has 3 rings (SSSR count). The molecule has 0 aliphatic carbocycles. The van der Waals surface area contributed by atoms with Crippen LogP contribution in [0.3, 0.4) is 0 Å². The summed E-state index contributed by atoms with van der Waals surface area (Å²) in [5, 5.41) is 9.80. The van der Waals surface area contributed by atoms with Gasteiger partial charge in [-0.25, -0.2) is 4.98 Å². The summed E-state index contributed by atoms with van der Waals surface area (Å²) in [7, 11) is 0. The number of pyridine rings is 1. The summed E-state index contributed by atoms with van der Waals surface area (Å²) in [5.41, 5.74) is 1.83. The van der Waals surface area contributed by atoms with Crippen LogP contribution in [0.4, 0.5) is 0 Å². The number of nitrogens with zero attached hydrogens (tertiary/aromatic N) is 4. The van der Waals surface area contributed by atoms with Gasteiger partial charge >= 0.3 is 0 Å². The molecule has 0 atom stereocenters. The van der Waals surface area contributed by atoms with Crippen molar-refractivity contribution in [3.8, 4) is 11.4 Å². The molecule has 3 aromatic rings. The zero-order valence-corrected chi connectivity index (χ0v) is 13.6. The molecule has 0 spiro atoms. The van der Waals surface area contributed by atoms with Crippen molar-refractivity contribution in [2.75, 3.05) is 6.54 Å². The lowest BCUT2D eigenvalue weighted by Crippen LogP contribution is -2.25. The maximum atomic E-state index is 12.2. The predicted molar refractivity (Wildman–Crippen MR) is 90.4 cm³/mol. The second kappa shape index (κ2) is 7.54. The van der Waals surface area contributed by atoms with Gasteiger partial charge in [0.15, 0.2) is 0 Å². The highest BCUT2D eigenvalue weighted by Gasteiger charge is 2.11. The number of hydrogen-bond acceptors (Lipinski definition) is 4. The van der Waals surface area contributed by atoms with E-state index in [0.29, 0.717) is 17.9 Å². The first-order valence-corrected chi connectivity index (χ1v) is 8.03. The first-order valence-electron chi connectivity index (χ1n) is 8.03. The van der Waals surface area contributed by atoms with Gasteiger partial charge in [-0.05, 0) is 24.6 Å². The van der Waals surface area contributed by atoms with Gasteiger partial charge in [0.25, 0.3) is 5.91 Å². The summed E-state index contributed by atoms with van der Waals surface area (Å²) in [6, 6.07) is 7.29. The van der Waals surface area contributed by atoms with Crippen LogP contribution in [0.25, 0.3) is 11.4 Å². The number of aromatic amines is 1. The molecule has 0 radical (unpaired) electrons. The Morgan fingerprint density at radius 2 is 2.17 bits per heavy atom. The summed E-state index contributed by atoms with van der Waals surface area (Å²) in [6.45, 7) is 3.52. The van der Waals surface area contributed by atoms with Crippen LogP contribution in [0.2, 0.25) is 0 Å². The van der Waals surface area contributed by atoms with Crippen molar-refractivity contribution < 1.29 is 4.79 Å². The largest absolute Gasteiger partial charge is 0.351 e. The molecule has 0 fully saturated rings. The van der Waals surface area contributed by atoms with Crippen molar-refractivity contribution in [3.05, 3.63) is 54.4 Å². The zero-order valence-electron chi connectivity index (χ0n) is 13.6. The van der Waals surface area contributed by atoms with E-state index in [0.717, 1.165) is 30.9 Å². The lowest BCUT2D eigenvalue weighted by molar-refractivity contribution is 0.0947. The van der Waals surface area contributed by atoms with Gasteiger partial charge in [0.1, 0.15) is 17.2 Å². The normalized spacial score (nSPS) is 10.7. The van der Waals surface area contributed by atoms with E-state index in [1.807, 2.05) is 24.4 Å². The number of amides is 1. The number of aryl methyl sites for hydroxylation is 2. The van der Waals surface area contributed by atoms with Crippen molar-refractivity contribution in [1.82, 2.24) is 30.0 Å². The number of imidazole rings is 1. The Kier molecular flexibility index (Phi) is 5.00. The minimum absolute atomic E-state index is 0.161. The van der Waals surface area contributed by atoms with Gasteiger partial charge in [-0.2, -0.15) is 5.10 Å². The Hall–Kier alpha value is -2.96. The van der Waals surface area contributed by atoms with Crippen LogP contribution in [-0.2, 0) is 13.0 Å². The molecule has 0 saturated carbocycles. The molecule has 24 heavy (non-hydrogen) atoms. The minimum Gasteiger partial charge on any atom is -0.351 e. The number of carbonyl (C=O) groups excluding carboxylic acids is 1. The van der Waals surface area contributed by atoms with E-state index in [2.05, 4.69) is 37.0 Å². The predicted octanol–water partition coefficient (Wildman–Crippen LogP) is 2.05. The maximum absolute atomic E-state index is 12.2. The van der Waals surface area contributed by atoms with Gasteiger partial charge in [-0.1, -0.05) is 13.0 Å². The van der Waals surface area contributed by atoms with Crippen molar-refractivity contribution in [3.63, 3.8) is 0 Å². The van der Waals surface area contributed by atoms with E-state index in [1.165, 1.54) is 0 Å². The van der Waals surface area contributed by atoms with Gasteiger partial charge in [-0.3, -0.25) is 14.9 Å². The van der Waals surface area contributed by atoms with Crippen molar-refractivity contribution in [1.29, 1.82) is 0 Å². The molecule has 2 N–H and O–H groups in total. The average molecular weight is 324 g/mol. The van der Waals surface area contributed by atoms with Crippen LogP contribution >= 0.6 is 0 Å². The molecule has 0 saturated heterocycles. The quantitative estimate of drug-likeness (QED) is 0.651. The summed E-state index contributed by atoms with van der Waals surface area (Å²) < 4.78 is 2.11. The number of hydrogen-bond donors (Lipinski definition) is 2. The third kappa shape index (κ3) is 3.68. The number of nitrogens with one attached hydrogen (secondary N) is 2. The Morgan fingerprint density at radius 3 is 2.96 bits per heavy atom. The Morgan fingerprint density at radius 1 is 1.25 bits per heavy atom. The molecule has 7 heteroatoms. The molecular weight excluding hydrogens is 304 g/mol. The van der Waals surface area contributed by atoms with Gasteiger partial charge in [-0.15, -0.1) is 0 Å². The van der Waals surface area contributed by atoms with Crippen LogP contribution < -0.4 is 5.32 Å². The Balaban J connectivity index is 1.50. The third-order valence-electron chi connectivity index (χ3n) is 3.73. The maximum Gasteiger partial charge on any atom is 0.269 e. The fourth-order valence-corrected chi connectivity index (χ4v) is 2.49. The smallest absolute Gasteiger partial charge is 0.269 e. The highest BCUT2D eigenvalue weighted by molar-refractivity contribution is 5.93. The van der Waals surface area contributed by atoms with Crippen molar-refractivity contribution >= 4 is 5.91 Å². The zero-order chi connectivity index (χ0) is 16.8. The van der Waals surface area contributed by atoms with Gasteiger partial charge in [0.2, 0.25) is 0 Å². The topological polar surface area (TPSA) is 88.5 Å². The standard InChI is InChI=1S/C17H20N6O/c1-2-16-19-9-11-23(16)10-5-8-20-17(24)15-12-14(21-22-15)13-6-3-4-7-18-13/h3-4,6-7,9,11-12H,2,5,8,10H2,1H3,(H,20,24)(H,21,22). The molecule has 0 aliphatic rings. The summed E-state index contributed by atoms with van der Waals surface area (Å²) in [5.74, 6) is 0.904. The molecule has 1 amide bonds. The van der Waals surface area contributed by atoms with Crippen LogP contribution in [0.15, 0.2) is 42.9 Å². The van der Waals surface area contributed by atoms with Crippen LogP contribution in [0, 0.1) is 0 Å². The second-order valence-electron chi connectivity index (χ2n) is 5.38. The van der Waals surface area contributed by atoms with Crippen LogP contribution in [0.1, 0.15) is 29.7 Å². The Labute approximate surface area is 140 Å². The van der Waals surface area contributed by atoms with Crippen molar-refractivity contribution in [2.45, 2.75) is 26.3 Å². The first-order chi connectivity index (χ1) is 11.8. The fourth-order valence-electron chi connectivity index (χ4n) is 2.49. The molecule has 0 aliphatic heterocycles. The number of aromatic nitrogens is 5.